The van der Waals surface area contributed by atoms with E-state index in [-0.39, 0.29) is 10.8 Å². The molecule has 1 aliphatic heterocycles. The molecule has 1 aliphatic rings. The van der Waals surface area contributed by atoms with Crippen molar-refractivity contribution in [1.82, 2.24) is 14.5 Å². The number of amides is 1. The van der Waals surface area contributed by atoms with Gasteiger partial charge in [-0.2, -0.15) is 4.31 Å². The number of carbonyl (C=O) groups excluding carboxylic acids is 1. The Morgan fingerprint density at radius 3 is 2.41 bits per heavy atom. The lowest BCUT2D eigenvalue weighted by atomic mass is 10.2. The number of aromatic nitrogens is 2. The van der Waals surface area contributed by atoms with E-state index in [1.165, 1.54) is 22.8 Å². The van der Waals surface area contributed by atoms with E-state index < -0.39 is 16.1 Å². The molecule has 0 radical (unpaired) electrons. The third-order valence-corrected chi connectivity index (χ3v) is 6.79. The molecule has 0 saturated carbocycles. The number of nitrogens with zero attached hydrogens (tertiary/aromatic N) is 3. The van der Waals surface area contributed by atoms with Gasteiger partial charge in [0.15, 0.2) is 6.10 Å². The molecule has 1 fully saturated rings. The topological polar surface area (TPSA) is 124 Å². The first-order valence-corrected chi connectivity index (χ1v) is 11.4. The van der Waals surface area contributed by atoms with Crippen molar-refractivity contribution in [2.24, 2.45) is 0 Å². The molecular formula is C21H22N4O6S. The van der Waals surface area contributed by atoms with E-state index in [1.54, 1.807) is 43.3 Å². The molecule has 3 aromatic rings. The molecule has 0 unspecified atom stereocenters. The van der Waals surface area contributed by atoms with Crippen LogP contribution in [0.2, 0.25) is 0 Å². The molecule has 168 valence electrons. The highest BCUT2D eigenvalue weighted by atomic mass is 32.2. The van der Waals surface area contributed by atoms with Crippen molar-refractivity contribution < 1.29 is 27.1 Å². The Labute approximate surface area is 185 Å². The van der Waals surface area contributed by atoms with Gasteiger partial charge in [-0.1, -0.05) is 0 Å². The summed E-state index contributed by atoms with van der Waals surface area (Å²) in [5, 5.41) is 10.2. The van der Waals surface area contributed by atoms with E-state index in [1.807, 2.05) is 0 Å². The van der Waals surface area contributed by atoms with Gasteiger partial charge in [0.05, 0.1) is 18.1 Å². The Morgan fingerprint density at radius 1 is 1.09 bits per heavy atom. The number of anilines is 1. The van der Waals surface area contributed by atoms with Gasteiger partial charge in [0.1, 0.15) is 5.75 Å². The fraction of sp³-hybridized carbons (Fsp3) is 0.286. The molecule has 0 aliphatic carbocycles. The van der Waals surface area contributed by atoms with Gasteiger partial charge in [-0.3, -0.25) is 4.79 Å². The van der Waals surface area contributed by atoms with Gasteiger partial charge in [-0.25, -0.2) is 8.42 Å². The van der Waals surface area contributed by atoms with Gasteiger partial charge >= 0.3 is 0 Å². The van der Waals surface area contributed by atoms with Crippen LogP contribution in [0.3, 0.4) is 0 Å². The van der Waals surface area contributed by atoms with Gasteiger partial charge in [-0.05, 0) is 55.5 Å². The highest BCUT2D eigenvalue weighted by Gasteiger charge is 2.26. The highest BCUT2D eigenvalue weighted by Crippen LogP contribution is 2.22. The number of hydrogen-bond donors (Lipinski definition) is 1. The summed E-state index contributed by atoms with van der Waals surface area (Å²) in [5.74, 6) is 0.527. The maximum absolute atomic E-state index is 12.7. The zero-order valence-electron chi connectivity index (χ0n) is 17.3. The quantitative estimate of drug-likeness (QED) is 0.571. The summed E-state index contributed by atoms with van der Waals surface area (Å²) < 4.78 is 42.8. The molecule has 11 heteroatoms. The van der Waals surface area contributed by atoms with Crippen molar-refractivity contribution in [3.05, 3.63) is 54.9 Å². The standard InChI is InChI=1S/C21H22N4O6S/c1-15(31-18-6-2-16(3-7-18)21-24-22-14-30-21)20(26)23-17-4-8-19(9-5-17)32(27,28)25-10-12-29-13-11-25/h2-9,14-15H,10-13H2,1H3,(H,23,26)/t15-/m0/s1. The Kier molecular flexibility index (Phi) is 6.49. The number of ether oxygens (including phenoxy) is 2. The lowest BCUT2D eigenvalue weighted by Crippen LogP contribution is -2.40. The van der Waals surface area contributed by atoms with Gasteiger partial charge in [0, 0.05) is 24.3 Å². The molecule has 1 amide bonds. The molecule has 1 aromatic heterocycles. The van der Waals surface area contributed by atoms with Crippen LogP contribution in [0.1, 0.15) is 6.92 Å². The number of sulfonamides is 1. The summed E-state index contributed by atoms with van der Waals surface area (Å²) in [6.07, 6.45) is 0.470. The second-order valence-corrected chi connectivity index (χ2v) is 9.00. The predicted octanol–water partition coefficient (Wildman–Crippen LogP) is 2.16. The van der Waals surface area contributed by atoms with E-state index in [9.17, 15) is 13.2 Å². The highest BCUT2D eigenvalue weighted by molar-refractivity contribution is 7.89. The number of nitrogens with one attached hydrogen (secondary N) is 1. The number of rotatable bonds is 7. The maximum atomic E-state index is 12.7. The molecule has 32 heavy (non-hydrogen) atoms. The van der Waals surface area contributed by atoms with Crippen LogP contribution >= 0.6 is 0 Å². The van der Waals surface area contributed by atoms with Gasteiger partial charge in [0.25, 0.3) is 5.91 Å². The lowest BCUT2D eigenvalue weighted by molar-refractivity contribution is -0.122. The minimum atomic E-state index is -3.58. The Balaban J connectivity index is 1.35. The van der Waals surface area contributed by atoms with Crippen LogP contribution in [0.4, 0.5) is 5.69 Å². The molecule has 1 N–H and O–H groups in total. The zero-order valence-corrected chi connectivity index (χ0v) is 18.1. The zero-order chi connectivity index (χ0) is 22.6. The van der Waals surface area contributed by atoms with Gasteiger partial charge in [-0.15, -0.1) is 10.2 Å². The van der Waals surface area contributed by atoms with Crippen LogP contribution < -0.4 is 10.1 Å². The average molecular weight is 458 g/mol. The predicted molar refractivity (Wildman–Crippen MR) is 114 cm³/mol. The van der Waals surface area contributed by atoms with Crippen LogP contribution in [0, 0.1) is 0 Å². The molecular weight excluding hydrogens is 436 g/mol. The molecule has 2 heterocycles. The summed E-state index contributed by atoms with van der Waals surface area (Å²) in [6, 6.07) is 13.0. The first-order valence-electron chi connectivity index (χ1n) is 9.95. The van der Waals surface area contributed by atoms with E-state index >= 15 is 0 Å². The monoisotopic (exact) mass is 458 g/mol. The summed E-state index contributed by atoms with van der Waals surface area (Å²) >= 11 is 0. The van der Waals surface area contributed by atoms with E-state index in [0.717, 1.165) is 5.56 Å². The number of hydrogen-bond acceptors (Lipinski definition) is 8. The van der Waals surface area contributed by atoms with Crippen LogP contribution in [-0.2, 0) is 19.6 Å². The van der Waals surface area contributed by atoms with Crippen molar-refractivity contribution >= 4 is 21.6 Å². The molecule has 10 nitrogen and oxygen atoms in total. The Bertz CT molecular complexity index is 1140. The molecule has 1 saturated heterocycles. The minimum Gasteiger partial charge on any atom is -0.481 e. The molecule has 2 aromatic carbocycles. The third kappa shape index (κ3) is 4.96. The van der Waals surface area contributed by atoms with Gasteiger partial charge in [0.2, 0.25) is 22.3 Å². The second-order valence-electron chi connectivity index (χ2n) is 7.06. The number of benzene rings is 2. The number of morpholine rings is 1. The van der Waals surface area contributed by atoms with Crippen LogP contribution in [0.25, 0.3) is 11.5 Å². The van der Waals surface area contributed by atoms with Crippen molar-refractivity contribution in [2.75, 3.05) is 31.6 Å². The van der Waals surface area contributed by atoms with Crippen LogP contribution in [0.5, 0.6) is 5.75 Å². The fourth-order valence-electron chi connectivity index (χ4n) is 3.12. The second kappa shape index (κ2) is 9.47. The normalized spacial score (nSPS) is 15.8. The third-order valence-electron chi connectivity index (χ3n) is 4.87. The number of carbonyl (C=O) groups is 1. The summed E-state index contributed by atoms with van der Waals surface area (Å²) in [7, 11) is -3.58. The van der Waals surface area contributed by atoms with E-state index in [0.29, 0.717) is 43.6 Å². The minimum absolute atomic E-state index is 0.169. The van der Waals surface area contributed by atoms with Crippen LogP contribution in [-0.4, -0.2) is 61.2 Å². The lowest BCUT2D eigenvalue weighted by Gasteiger charge is -2.26. The largest absolute Gasteiger partial charge is 0.481 e. The van der Waals surface area contributed by atoms with Gasteiger partial charge < -0.3 is 19.2 Å². The van der Waals surface area contributed by atoms with Crippen molar-refractivity contribution in [2.45, 2.75) is 17.9 Å². The van der Waals surface area contributed by atoms with Crippen LogP contribution in [0.15, 0.2) is 64.2 Å². The first kappa shape index (κ1) is 21.9. The summed E-state index contributed by atoms with van der Waals surface area (Å²) in [5.41, 5.74) is 1.21. The van der Waals surface area contributed by atoms with E-state index in [2.05, 4.69) is 15.5 Å². The summed E-state index contributed by atoms with van der Waals surface area (Å²) in [6.45, 7) is 3.03. The van der Waals surface area contributed by atoms with E-state index in [4.69, 9.17) is 13.9 Å². The SMILES string of the molecule is C[C@H](Oc1ccc(-c2nnco2)cc1)C(=O)Nc1ccc(S(=O)(=O)N2CCOCC2)cc1. The Morgan fingerprint density at radius 2 is 1.78 bits per heavy atom. The smallest absolute Gasteiger partial charge is 0.265 e. The first-order chi connectivity index (χ1) is 15.4. The fourth-order valence-corrected chi connectivity index (χ4v) is 4.53. The summed E-state index contributed by atoms with van der Waals surface area (Å²) in [4.78, 5) is 12.7. The molecule has 4 rings (SSSR count). The maximum Gasteiger partial charge on any atom is 0.265 e. The van der Waals surface area contributed by atoms with Crippen molar-refractivity contribution in [3.63, 3.8) is 0 Å². The molecule has 0 spiro atoms. The molecule has 1 atom stereocenters. The average Bonchev–Trinajstić information content (AvgIpc) is 3.35. The molecule has 0 bridgehead atoms. The Hall–Kier alpha value is -3.28. The van der Waals surface area contributed by atoms with Crippen molar-refractivity contribution in [3.8, 4) is 17.2 Å². The van der Waals surface area contributed by atoms with Crippen molar-refractivity contribution in [1.29, 1.82) is 0 Å².